The molecule has 2 nitrogen and oxygen atoms in total. The highest BCUT2D eigenvalue weighted by Crippen LogP contribution is 2.27. The maximum atomic E-state index is 13.5. The van der Waals surface area contributed by atoms with Crippen LogP contribution in [0, 0.1) is 19.7 Å². The van der Waals surface area contributed by atoms with Crippen LogP contribution in [0.25, 0.3) is 0 Å². The Labute approximate surface area is 114 Å². The molecule has 1 heterocycles. The lowest BCUT2D eigenvalue weighted by molar-refractivity contribution is 0.466. The minimum atomic E-state index is -0.272. The summed E-state index contributed by atoms with van der Waals surface area (Å²) in [6.07, 6.45) is 0. The predicted octanol–water partition coefficient (Wildman–Crippen LogP) is 4.97. The molecule has 0 aliphatic rings. The molecule has 0 bridgehead atoms. The summed E-state index contributed by atoms with van der Waals surface area (Å²) in [5, 5.41) is 3.25. The average molecular weight is 312 g/mol. The molecule has 0 fully saturated rings. The summed E-state index contributed by atoms with van der Waals surface area (Å²) in [5.74, 6) is 1.44. The van der Waals surface area contributed by atoms with Crippen molar-refractivity contribution in [3.8, 4) is 0 Å². The van der Waals surface area contributed by atoms with Crippen molar-refractivity contribution in [3.05, 3.63) is 51.6 Å². The number of anilines is 1. The van der Waals surface area contributed by atoms with E-state index in [1.54, 1.807) is 6.07 Å². The summed E-state index contributed by atoms with van der Waals surface area (Å²) >= 11 is 3.17. The molecule has 0 aliphatic carbocycles. The third-order valence-corrected chi connectivity index (χ3v) is 3.43. The van der Waals surface area contributed by atoms with E-state index in [4.69, 9.17) is 4.42 Å². The molecule has 1 N–H and O–H groups in total. The predicted molar refractivity (Wildman–Crippen MR) is 74.3 cm³/mol. The smallest absolute Gasteiger partial charge is 0.139 e. The van der Waals surface area contributed by atoms with Crippen molar-refractivity contribution < 1.29 is 8.81 Å². The van der Waals surface area contributed by atoms with Crippen LogP contribution in [0.1, 0.15) is 30.0 Å². The Balaban J connectivity index is 2.21. The minimum absolute atomic E-state index is 0.00187. The molecule has 1 aromatic heterocycles. The summed E-state index contributed by atoms with van der Waals surface area (Å²) in [6.45, 7) is 5.82. The van der Waals surface area contributed by atoms with Gasteiger partial charge in [-0.3, -0.25) is 0 Å². The Hall–Kier alpha value is -1.29. The number of nitrogens with one attached hydrogen (secondary N) is 1. The molecule has 18 heavy (non-hydrogen) atoms. The lowest BCUT2D eigenvalue weighted by Crippen LogP contribution is -2.07. The number of furan rings is 1. The van der Waals surface area contributed by atoms with Gasteiger partial charge in [-0.1, -0.05) is 0 Å². The van der Waals surface area contributed by atoms with Crippen molar-refractivity contribution in [3.63, 3.8) is 0 Å². The molecule has 0 amide bonds. The van der Waals surface area contributed by atoms with Gasteiger partial charge in [-0.2, -0.15) is 0 Å². The highest BCUT2D eigenvalue weighted by molar-refractivity contribution is 9.10. The minimum Gasteiger partial charge on any atom is -0.464 e. The van der Waals surface area contributed by atoms with Crippen molar-refractivity contribution in [1.29, 1.82) is 0 Å². The lowest BCUT2D eigenvalue weighted by Gasteiger charge is -2.15. The first-order valence-electron chi connectivity index (χ1n) is 5.76. The quantitative estimate of drug-likeness (QED) is 0.865. The number of hydrogen-bond acceptors (Lipinski definition) is 2. The third-order valence-electron chi connectivity index (χ3n) is 2.83. The Morgan fingerprint density at radius 1 is 1.28 bits per heavy atom. The van der Waals surface area contributed by atoms with Crippen LogP contribution in [0.2, 0.25) is 0 Å². The maximum Gasteiger partial charge on any atom is 0.139 e. The van der Waals surface area contributed by atoms with Gasteiger partial charge in [0.2, 0.25) is 0 Å². The van der Waals surface area contributed by atoms with E-state index >= 15 is 0 Å². The third kappa shape index (κ3) is 2.75. The molecule has 96 valence electrons. The molecule has 0 spiro atoms. The summed E-state index contributed by atoms with van der Waals surface area (Å²) in [7, 11) is 0. The zero-order valence-electron chi connectivity index (χ0n) is 10.6. The van der Waals surface area contributed by atoms with Crippen molar-refractivity contribution in [2.24, 2.45) is 0 Å². The fourth-order valence-electron chi connectivity index (χ4n) is 1.79. The number of hydrogen-bond donors (Lipinski definition) is 1. The van der Waals surface area contributed by atoms with E-state index in [1.165, 1.54) is 6.07 Å². The highest BCUT2D eigenvalue weighted by atomic mass is 79.9. The molecular formula is C14H15BrFNO. The standard InChI is InChI=1S/C14H15BrFNO/c1-8-6-11(15)12(16)7-13(8)17-10(3)14-5-4-9(2)18-14/h4-7,10,17H,1-3H3. The zero-order chi connectivity index (χ0) is 13.3. The molecule has 1 unspecified atom stereocenters. The van der Waals surface area contributed by atoms with E-state index in [0.717, 1.165) is 22.8 Å². The van der Waals surface area contributed by atoms with Crippen LogP contribution >= 0.6 is 15.9 Å². The van der Waals surface area contributed by atoms with Crippen LogP contribution in [0.15, 0.2) is 33.2 Å². The number of benzene rings is 1. The normalized spacial score (nSPS) is 12.5. The number of halogens is 2. The highest BCUT2D eigenvalue weighted by Gasteiger charge is 2.12. The number of aryl methyl sites for hydroxylation is 2. The largest absolute Gasteiger partial charge is 0.464 e. The molecule has 1 aromatic carbocycles. The van der Waals surface area contributed by atoms with Crippen molar-refractivity contribution in [2.45, 2.75) is 26.8 Å². The van der Waals surface area contributed by atoms with Crippen LogP contribution in [0.3, 0.4) is 0 Å². The maximum absolute atomic E-state index is 13.5. The Kier molecular flexibility index (Phi) is 3.76. The molecule has 0 radical (unpaired) electrons. The van der Waals surface area contributed by atoms with Gasteiger partial charge in [0.1, 0.15) is 17.3 Å². The van der Waals surface area contributed by atoms with Gasteiger partial charge in [0.25, 0.3) is 0 Å². The first-order chi connectivity index (χ1) is 8.47. The van der Waals surface area contributed by atoms with E-state index in [9.17, 15) is 4.39 Å². The van der Waals surface area contributed by atoms with Crippen LogP contribution in [0.5, 0.6) is 0 Å². The average Bonchev–Trinajstić information content (AvgIpc) is 2.73. The van der Waals surface area contributed by atoms with Gasteiger partial charge in [0.05, 0.1) is 10.5 Å². The van der Waals surface area contributed by atoms with Gasteiger partial charge in [0.15, 0.2) is 0 Å². The first-order valence-corrected chi connectivity index (χ1v) is 6.55. The second kappa shape index (κ2) is 5.14. The van der Waals surface area contributed by atoms with Crippen LogP contribution in [-0.2, 0) is 0 Å². The topological polar surface area (TPSA) is 25.2 Å². The monoisotopic (exact) mass is 311 g/mol. The Morgan fingerprint density at radius 3 is 2.61 bits per heavy atom. The van der Waals surface area contributed by atoms with Gasteiger partial charge in [-0.05, 0) is 66.5 Å². The summed E-state index contributed by atoms with van der Waals surface area (Å²) in [6, 6.07) is 7.10. The van der Waals surface area contributed by atoms with Crippen LogP contribution in [-0.4, -0.2) is 0 Å². The lowest BCUT2D eigenvalue weighted by atomic mass is 10.1. The van der Waals surface area contributed by atoms with E-state index in [1.807, 2.05) is 32.9 Å². The van der Waals surface area contributed by atoms with E-state index in [0.29, 0.717) is 4.47 Å². The zero-order valence-corrected chi connectivity index (χ0v) is 12.1. The molecular weight excluding hydrogens is 297 g/mol. The Morgan fingerprint density at radius 2 is 2.00 bits per heavy atom. The fourth-order valence-corrected chi connectivity index (χ4v) is 2.25. The van der Waals surface area contributed by atoms with Gasteiger partial charge < -0.3 is 9.73 Å². The SMILES string of the molecule is Cc1ccc(C(C)Nc2cc(F)c(Br)cc2C)o1. The fraction of sp³-hybridized carbons (Fsp3) is 0.286. The molecule has 0 saturated heterocycles. The van der Waals surface area contributed by atoms with E-state index in [2.05, 4.69) is 21.2 Å². The van der Waals surface area contributed by atoms with Crippen molar-refractivity contribution in [2.75, 3.05) is 5.32 Å². The summed E-state index contributed by atoms with van der Waals surface area (Å²) < 4.78 is 19.5. The summed E-state index contributed by atoms with van der Waals surface area (Å²) in [5.41, 5.74) is 1.76. The van der Waals surface area contributed by atoms with Gasteiger partial charge in [-0.15, -0.1) is 0 Å². The second-order valence-electron chi connectivity index (χ2n) is 4.40. The van der Waals surface area contributed by atoms with E-state index in [-0.39, 0.29) is 11.9 Å². The van der Waals surface area contributed by atoms with Crippen molar-refractivity contribution >= 4 is 21.6 Å². The molecule has 2 aromatic rings. The van der Waals surface area contributed by atoms with Gasteiger partial charge in [0, 0.05) is 5.69 Å². The van der Waals surface area contributed by atoms with Gasteiger partial charge in [-0.25, -0.2) is 4.39 Å². The molecule has 0 aliphatic heterocycles. The van der Waals surface area contributed by atoms with Crippen LogP contribution < -0.4 is 5.32 Å². The molecule has 4 heteroatoms. The summed E-state index contributed by atoms with van der Waals surface area (Å²) in [4.78, 5) is 0. The van der Waals surface area contributed by atoms with Gasteiger partial charge >= 0.3 is 0 Å². The molecule has 0 saturated carbocycles. The second-order valence-corrected chi connectivity index (χ2v) is 5.25. The molecule has 2 rings (SSSR count). The first kappa shape index (κ1) is 13.1. The Bertz CT molecular complexity index is 565. The van der Waals surface area contributed by atoms with E-state index < -0.39 is 0 Å². The van der Waals surface area contributed by atoms with Crippen LogP contribution in [0.4, 0.5) is 10.1 Å². The van der Waals surface area contributed by atoms with Crippen molar-refractivity contribution in [1.82, 2.24) is 0 Å². The molecule has 1 atom stereocenters. The number of rotatable bonds is 3.